The molecule has 0 spiro atoms. The Balaban J connectivity index is 1.57. The summed E-state index contributed by atoms with van der Waals surface area (Å²) < 4.78 is 0. The molecule has 2 N–H and O–H groups in total. The lowest BCUT2D eigenvalue weighted by Gasteiger charge is -2.13. The minimum absolute atomic E-state index is 0.583. The summed E-state index contributed by atoms with van der Waals surface area (Å²) in [5, 5.41) is 4.77. The lowest BCUT2D eigenvalue weighted by Crippen LogP contribution is -2.05. The average molecular weight is 264 g/mol. The van der Waals surface area contributed by atoms with Gasteiger partial charge in [0.05, 0.1) is 0 Å². The zero-order chi connectivity index (χ0) is 13.8. The van der Waals surface area contributed by atoms with Gasteiger partial charge in [0, 0.05) is 29.3 Å². The topological polar surface area (TPSA) is 27.8 Å². The first-order valence-electron chi connectivity index (χ1n) is 7.19. The summed E-state index contributed by atoms with van der Waals surface area (Å²) in [6.07, 6.45) is 3.11. The minimum atomic E-state index is 0.583. The van der Waals surface area contributed by atoms with Crippen LogP contribution in [0.4, 0.5) is 5.69 Å². The molecule has 0 aliphatic carbocycles. The van der Waals surface area contributed by atoms with Gasteiger partial charge in [-0.15, -0.1) is 0 Å². The van der Waals surface area contributed by atoms with E-state index in [4.69, 9.17) is 0 Å². The van der Waals surface area contributed by atoms with E-state index in [-0.39, 0.29) is 0 Å². The molecule has 0 aliphatic rings. The fraction of sp³-hybridized carbons (Fsp3) is 0.222. The molecule has 20 heavy (non-hydrogen) atoms. The van der Waals surface area contributed by atoms with Crippen LogP contribution in [0.15, 0.2) is 60.8 Å². The second-order valence-corrected chi connectivity index (χ2v) is 5.31. The third-order valence-corrected chi connectivity index (χ3v) is 3.83. The lowest BCUT2D eigenvalue weighted by atomic mass is 9.98. The van der Waals surface area contributed by atoms with Crippen LogP contribution < -0.4 is 5.32 Å². The summed E-state index contributed by atoms with van der Waals surface area (Å²) in [4.78, 5) is 3.21. The van der Waals surface area contributed by atoms with Gasteiger partial charge in [0.1, 0.15) is 0 Å². The molecule has 0 fully saturated rings. The molecule has 2 heteroatoms. The van der Waals surface area contributed by atoms with Crippen LogP contribution >= 0.6 is 0 Å². The number of anilines is 1. The number of fused-ring (bicyclic) bond motifs is 1. The van der Waals surface area contributed by atoms with Crippen LogP contribution in [0.5, 0.6) is 0 Å². The quantitative estimate of drug-likeness (QED) is 0.682. The van der Waals surface area contributed by atoms with E-state index in [0.717, 1.165) is 13.0 Å². The standard InChI is InChI=1S/C18H20N2/c1-14(15-5-3-2-4-6-15)9-11-19-17-7-8-18-16(13-17)10-12-20-18/h2-8,10,12-14,19-20H,9,11H2,1H3. The van der Waals surface area contributed by atoms with E-state index in [1.54, 1.807) is 0 Å². The number of aromatic amines is 1. The largest absolute Gasteiger partial charge is 0.385 e. The normalized spacial score (nSPS) is 12.4. The number of hydrogen-bond donors (Lipinski definition) is 2. The van der Waals surface area contributed by atoms with Gasteiger partial charge in [-0.25, -0.2) is 0 Å². The highest BCUT2D eigenvalue weighted by Crippen LogP contribution is 2.20. The van der Waals surface area contributed by atoms with Gasteiger partial charge in [0.15, 0.2) is 0 Å². The van der Waals surface area contributed by atoms with Crippen LogP contribution in [-0.2, 0) is 0 Å². The molecule has 1 heterocycles. The summed E-state index contributed by atoms with van der Waals surface area (Å²) >= 11 is 0. The second kappa shape index (κ2) is 5.83. The fourth-order valence-electron chi connectivity index (χ4n) is 2.54. The van der Waals surface area contributed by atoms with Crippen molar-refractivity contribution in [1.82, 2.24) is 4.98 Å². The van der Waals surface area contributed by atoms with E-state index in [9.17, 15) is 0 Å². The number of hydrogen-bond acceptors (Lipinski definition) is 1. The van der Waals surface area contributed by atoms with Gasteiger partial charge in [0.2, 0.25) is 0 Å². The average Bonchev–Trinajstić information content (AvgIpc) is 2.95. The van der Waals surface area contributed by atoms with Crippen molar-refractivity contribution in [3.63, 3.8) is 0 Å². The maximum atomic E-state index is 3.51. The summed E-state index contributed by atoms with van der Waals surface area (Å²) in [5.74, 6) is 0.583. The first-order valence-corrected chi connectivity index (χ1v) is 7.19. The Bertz CT molecular complexity index is 670. The predicted molar refractivity (Wildman–Crippen MR) is 86.3 cm³/mol. The molecule has 0 saturated carbocycles. The number of rotatable bonds is 5. The van der Waals surface area contributed by atoms with Gasteiger partial charge in [0.25, 0.3) is 0 Å². The molecule has 2 aromatic carbocycles. The van der Waals surface area contributed by atoms with Crippen molar-refractivity contribution in [2.75, 3.05) is 11.9 Å². The summed E-state index contributed by atoms with van der Waals surface area (Å²) in [6.45, 7) is 3.28. The van der Waals surface area contributed by atoms with Crippen LogP contribution in [0, 0.1) is 0 Å². The summed E-state index contributed by atoms with van der Waals surface area (Å²) in [5.41, 5.74) is 3.79. The molecular weight excluding hydrogens is 244 g/mol. The van der Waals surface area contributed by atoms with Gasteiger partial charge in [-0.05, 0) is 42.2 Å². The maximum Gasteiger partial charge on any atom is 0.0455 e. The molecule has 0 bridgehead atoms. The Morgan fingerprint density at radius 3 is 2.75 bits per heavy atom. The zero-order valence-corrected chi connectivity index (χ0v) is 11.8. The first kappa shape index (κ1) is 12.8. The monoisotopic (exact) mass is 264 g/mol. The molecule has 3 aromatic rings. The number of H-pyrrole nitrogens is 1. The van der Waals surface area contributed by atoms with E-state index >= 15 is 0 Å². The Hall–Kier alpha value is -2.22. The van der Waals surface area contributed by atoms with Gasteiger partial charge >= 0.3 is 0 Å². The smallest absolute Gasteiger partial charge is 0.0455 e. The van der Waals surface area contributed by atoms with E-state index < -0.39 is 0 Å². The molecule has 0 amide bonds. The molecule has 1 unspecified atom stereocenters. The maximum absolute atomic E-state index is 3.51. The molecular formula is C18H20N2. The molecule has 0 radical (unpaired) electrons. The van der Waals surface area contributed by atoms with Crippen LogP contribution in [0.3, 0.4) is 0 Å². The van der Waals surface area contributed by atoms with Crippen molar-refractivity contribution in [2.45, 2.75) is 19.3 Å². The Morgan fingerprint density at radius 2 is 1.90 bits per heavy atom. The predicted octanol–water partition coefficient (Wildman–Crippen LogP) is 4.77. The van der Waals surface area contributed by atoms with Gasteiger partial charge in [-0.2, -0.15) is 0 Å². The van der Waals surface area contributed by atoms with Crippen LogP contribution in [0.1, 0.15) is 24.8 Å². The third-order valence-electron chi connectivity index (χ3n) is 3.83. The minimum Gasteiger partial charge on any atom is -0.385 e. The third kappa shape index (κ3) is 2.85. The van der Waals surface area contributed by atoms with Gasteiger partial charge in [-0.1, -0.05) is 37.3 Å². The van der Waals surface area contributed by atoms with E-state index in [1.165, 1.54) is 22.2 Å². The van der Waals surface area contributed by atoms with E-state index in [1.807, 2.05) is 6.20 Å². The second-order valence-electron chi connectivity index (χ2n) is 5.31. The van der Waals surface area contributed by atoms with Gasteiger partial charge < -0.3 is 10.3 Å². The van der Waals surface area contributed by atoms with Crippen LogP contribution in [0.2, 0.25) is 0 Å². The molecule has 1 aromatic heterocycles. The van der Waals surface area contributed by atoms with Crippen molar-refractivity contribution in [2.24, 2.45) is 0 Å². The SMILES string of the molecule is CC(CCNc1ccc2[nH]ccc2c1)c1ccccc1. The van der Waals surface area contributed by atoms with Crippen molar-refractivity contribution in [3.05, 3.63) is 66.4 Å². The highest BCUT2D eigenvalue weighted by atomic mass is 14.9. The van der Waals surface area contributed by atoms with E-state index in [0.29, 0.717) is 5.92 Å². The summed E-state index contributed by atoms with van der Waals surface area (Å²) in [7, 11) is 0. The van der Waals surface area contributed by atoms with Crippen LogP contribution in [-0.4, -0.2) is 11.5 Å². The molecule has 3 rings (SSSR count). The van der Waals surface area contributed by atoms with Crippen molar-refractivity contribution in [1.29, 1.82) is 0 Å². The highest BCUT2D eigenvalue weighted by molar-refractivity contribution is 5.82. The lowest BCUT2D eigenvalue weighted by molar-refractivity contribution is 0.706. The highest BCUT2D eigenvalue weighted by Gasteiger charge is 2.04. The first-order chi connectivity index (χ1) is 9.83. The molecule has 0 saturated heterocycles. The van der Waals surface area contributed by atoms with Crippen molar-refractivity contribution < 1.29 is 0 Å². The molecule has 1 atom stereocenters. The number of benzene rings is 2. The van der Waals surface area contributed by atoms with E-state index in [2.05, 4.69) is 71.8 Å². The fourth-order valence-corrected chi connectivity index (χ4v) is 2.54. The summed E-state index contributed by atoms with van der Waals surface area (Å²) in [6, 6.07) is 19.3. The molecule has 102 valence electrons. The Morgan fingerprint density at radius 1 is 1.05 bits per heavy atom. The van der Waals surface area contributed by atoms with Crippen molar-refractivity contribution in [3.8, 4) is 0 Å². The Kier molecular flexibility index (Phi) is 3.73. The zero-order valence-electron chi connectivity index (χ0n) is 11.8. The molecule has 2 nitrogen and oxygen atoms in total. The van der Waals surface area contributed by atoms with Gasteiger partial charge in [-0.3, -0.25) is 0 Å². The number of aromatic nitrogens is 1. The Labute approximate surface area is 119 Å². The number of nitrogens with one attached hydrogen (secondary N) is 2. The van der Waals surface area contributed by atoms with Crippen molar-refractivity contribution >= 4 is 16.6 Å². The molecule has 0 aliphatic heterocycles. The van der Waals surface area contributed by atoms with Crippen LogP contribution in [0.25, 0.3) is 10.9 Å².